The second-order valence-corrected chi connectivity index (χ2v) is 4.35. The number of hydrogen-bond acceptors (Lipinski definition) is 2. The van der Waals surface area contributed by atoms with E-state index in [9.17, 15) is 18.0 Å². The number of para-hydroxylation sites is 1. The Morgan fingerprint density at radius 3 is 2.24 bits per heavy atom. The van der Waals surface area contributed by atoms with Crippen LogP contribution in [0.2, 0.25) is 0 Å². The number of benzene rings is 2. The van der Waals surface area contributed by atoms with Crippen molar-refractivity contribution in [1.82, 2.24) is 0 Å². The lowest BCUT2D eigenvalue weighted by Gasteiger charge is -2.13. The summed E-state index contributed by atoms with van der Waals surface area (Å²) in [6.45, 7) is -0.168. The van der Waals surface area contributed by atoms with Crippen LogP contribution in [0, 0.1) is 0 Å². The summed E-state index contributed by atoms with van der Waals surface area (Å²) in [5.41, 5.74) is -0.363. The molecule has 0 atom stereocenters. The molecule has 3 nitrogen and oxygen atoms in total. The summed E-state index contributed by atoms with van der Waals surface area (Å²) in [5.74, 6) is -0.642. The molecule has 0 saturated heterocycles. The third-order valence-electron chi connectivity index (χ3n) is 2.88. The van der Waals surface area contributed by atoms with Gasteiger partial charge in [-0.3, -0.25) is 4.79 Å². The molecule has 0 aromatic heterocycles. The van der Waals surface area contributed by atoms with E-state index in [1.807, 2.05) is 0 Å². The van der Waals surface area contributed by atoms with Gasteiger partial charge in [0.25, 0.3) is 5.91 Å². The van der Waals surface area contributed by atoms with Crippen LogP contribution in [0.25, 0.3) is 0 Å². The molecule has 0 spiro atoms. The molecule has 0 saturated carbocycles. The second kappa shape index (κ2) is 5.97. The van der Waals surface area contributed by atoms with E-state index in [4.69, 9.17) is 5.11 Å². The summed E-state index contributed by atoms with van der Waals surface area (Å²) in [6, 6.07) is 10.7. The Bertz CT molecular complexity index is 636. The third-order valence-corrected chi connectivity index (χ3v) is 2.88. The highest BCUT2D eigenvalue weighted by Gasteiger charge is 2.33. The highest BCUT2D eigenvalue weighted by atomic mass is 19.4. The lowest BCUT2D eigenvalue weighted by molar-refractivity contribution is -0.136. The third kappa shape index (κ3) is 3.61. The zero-order valence-electron chi connectivity index (χ0n) is 10.8. The summed E-state index contributed by atoms with van der Waals surface area (Å²) in [4.78, 5) is 12.0. The standard InChI is InChI=1S/C15H12F3NO2/c16-15(17,18)12-3-1-2-4-13(12)19-14(21)11-7-5-10(9-20)6-8-11/h1-8,20H,9H2,(H,19,21). The lowest BCUT2D eigenvalue weighted by atomic mass is 10.1. The SMILES string of the molecule is O=C(Nc1ccccc1C(F)(F)F)c1ccc(CO)cc1. The van der Waals surface area contributed by atoms with E-state index in [-0.39, 0.29) is 17.9 Å². The molecular weight excluding hydrogens is 283 g/mol. The summed E-state index contributed by atoms with van der Waals surface area (Å²) in [5, 5.41) is 11.2. The Morgan fingerprint density at radius 2 is 1.67 bits per heavy atom. The number of hydrogen-bond donors (Lipinski definition) is 2. The molecule has 0 radical (unpaired) electrons. The molecule has 0 aliphatic heterocycles. The molecule has 0 bridgehead atoms. The monoisotopic (exact) mass is 295 g/mol. The smallest absolute Gasteiger partial charge is 0.392 e. The predicted molar refractivity (Wildman–Crippen MR) is 71.8 cm³/mol. The molecule has 0 aliphatic carbocycles. The van der Waals surface area contributed by atoms with Gasteiger partial charge in [-0.05, 0) is 29.8 Å². The molecule has 2 N–H and O–H groups in total. The molecule has 0 fully saturated rings. The highest BCUT2D eigenvalue weighted by Crippen LogP contribution is 2.34. The maximum atomic E-state index is 12.8. The van der Waals surface area contributed by atoms with Crippen LogP contribution in [0.5, 0.6) is 0 Å². The Balaban J connectivity index is 2.23. The van der Waals surface area contributed by atoms with Gasteiger partial charge in [-0.2, -0.15) is 13.2 Å². The highest BCUT2D eigenvalue weighted by molar-refractivity contribution is 6.04. The van der Waals surface area contributed by atoms with Crippen LogP contribution in [-0.2, 0) is 12.8 Å². The van der Waals surface area contributed by atoms with Crippen molar-refractivity contribution in [2.24, 2.45) is 0 Å². The minimum Gasteiger partial charge on any atom is -0.392 e. The largest absolute Gasteiger partial charge is 0.418 e. The van der Waals surface area contributed by atoms with Gasteiger partial charge in [0.1, 0.15) is 0 Å². The van der Waals surface area contributed by atoms with E-state index >= 15 is 0 Å². The molecule has 0 heterocycles. The average Bonchev–Trinajstić information content (AvgIpc) is 2.47. The average molecular weight is 295 g/mol. The van der Waals surface area contributed by atoms with Gasteiger partial charge in [-0.25, -0.2) is 0 Å². The van der Waals surface area contributed by atoms with Crippen molar-refractivity contribution < 1.29 is 23.1 Å². The molecule has 6 heteroatoms. The molecule has 110 valence electrons. The lowest BCUT2D eigenvalue weighted by Crippen LogP contribution is -2.16. The van der Waals surface area contributed by atoms with Gasteiger partial charge >= 0.3 is 6.18 Å². The van der Waals surface area contributed by atoms with E-state index < -0.39 is 17.6 Å². The molecule has 1 amide bonds. The van der Waals surface area contributed by atoms with Gasteiger partial charge in [0.15, 0.2) is 0 Å². The van der Waals surface area contributed by atoms with Crippen LogP contribution in [0.3, 0.4) is 0 Å². The Hall–Kier alpha value is -2.34. The van der Waals surface area contributed by atoms with Crippen LogP contribution in [-0.4, -0.2) is 11.0 Å². The molecule has 0 unspecified atom stereocenters. The number of carbonyl (C=O) groups excluding carboxylic acids is 1. The van der Waals surface area contributed by atoms with E-state index in [2.05, 4.69) is 5.32 Å². The number of aliphatic hydroxyl groups excluding tert-OH is 1. The quantitative estimate of drug-likeness (QED) is 0.911. The van der Waals surface area contributed by atoms with Crippen LogP contribution >= 0.6 is 0 Å². The van der Waals surface area contributed by atoms with Gasteiger partial charge in [-0.15, -0.1) is 0 Å². The van der Waals surface area contributed by atoms with E-state index in [0.29, 0.717) is 5.56 Å². The fourth-order valence-electron chi connectivity index (χ4n) is 1.80. The van der Waals surface area contributed by atoms with E-state index in [1.54, 1.807) is 0 Å². The molecular formula is C15H12F3NO2. The van der Waals surface area contributed by atoms with Crippen molar-refractivity contribution in [1.29, 1.82) is 0 Å². The predicted octanol–water partition coefficient (Wildman–Crippen LogP) is 3.45. The second-order valence-electron chi connectivity index (χ2n) is 4.35. The maximum Gasteiger partial charge on any atom is 0.418 e. The van der Waals surface area contributed by atoms with Crippen molar-refractivity contribution in [3.8, 4) is 0 Å². The molecule has 0 aliphatic rings. The first kappa shape index (κ1) is 15.1. The Morgan fingerprint density at radius 1 is 1.05 bits per heavy atom. The first-order valence-electron chi connectivity index (χ1n) is 6.09. The molecule has 2 aromatic carbocycles. The Labute approximate surface area is 119 Å². The van der Waals surface area contributed by atoms with Gasteiger partial charge in [0.2, 0.25) is 0 Å². The van der Waals surface area contributed by atoms with Crippen molar-refractivity contribution >= 4 is 11.6 Å². The fourth-order valence-corrected chi connectivity index (χ4v) is 1.80. The van der Waals surface area contributed by atoms with Crippen molar-refractivity contribution in [3.63, 3.8) is 0 Å². The topological polar surface area (TPSA) is 49.3 Å². The summed E-state index contributed by atoms with van der Waals surface area (Å²) >= 11 is 0. The number of carbonyl (C=O) groups is 1. The Kier molecular flexibility index (Phi) is 4.28. The van der Waals surface area contributed by atoms with Gasteiger partial charge in [0, 0.05) is 5.56 Å². The zero-order valence-corrected chi connectivity index (χ0v) is 10.8. The van der Waals surface area contributed by atoms with Crippen molar-refractivity contribution in [2.75, 3.05) is 5.32 Å². The summed E-state index contributed by atoms with van der Waals surface area (Å²) in [6.07, 6.45) is -4.54. The number of rotatable bonds is 3. The zero-order chi connectivity index (χ0) is 15.5. The first-order valence-corrected chi connectivity index (χ1v) is 6.09. The minimum atomic E-state index is -4.54. The van der Waals surface area contributed by atoms with Gasteiger partial charge in [0.05, 0.1) is 17.9 Å². The molecule has 21 heavy (non-hydrogen) atoms. The number of aliphatic hydroxyl groups is 1. The van der Waals surface area contributed by atoms with Gasteiger partial charge in [-0.1, -0.05) is 24.3 Å². The van der Waals surface area contributed by atoms with Crippen LogP contribution in [0.1, 0.15) is 21.5 Å². The van der Waals surface area contributed by atoms with Gasteiger partial charge < -0.3 is 10.4 Å². The number of alkyl halides is 3. The first-order chi connectivity index (χ1) is 9.91. The van der Waals surface area contributed by atoms with Crippen molar-refractivity contribution in [2.45, 2.75) is 12.8 Å². The molecule has 2 rings (SSSR count). The number of anilines is 1. The maximum absolute atomic E-state index is 12.8. The number of amides is 1. The summed E-state index contributed by atoms with van der Waals surface area (Å²) in [7, 11) is 0. The fraction of sp³-hybridized carbons (Fsp3) is 0.133. The normalized spacial score (nSPS) is 11.2. The van der Waals surface area contributed by atoms with Crippen LogP contribution in [0.4, 0.5) is 18.9 Å². The van der Waals surface area contributed by atoms with E-state index in [1.165, 1.54) is 42.5 Å². The van der Waals surface area contributed by atoms with Crippen LogP contribution < -0.4 is 5.32 Å². The number of halogens is 3. The number of nitrogens with one attached hydrogen (secondary N) is 1. The molecule has 2 aromatic rings. The van der Waals surface area contributed by atoms with Crippen LogP contribution in [0.15, 0.2) is 48.5 Å². The summed E-state index contributed by atoms with van der Waals surface area (Å²) < 4.78 is 38.5. The van der Waals surface area contributed by atoms with E-state index in [0.717, 1.165) is 6.07 Å². The van der Waals surface area contributed by atoms with Crippen molar-refractivity contribution in [3.05, 3.63) is 65.2 Å². The minimum absolute atomic E-state index is 0.168.